The topological polar surface area (TPSA) is 101 Å². The van der Waals surface area contributed by atoms with E-state index < -0.39 is 33.7 Å². The number of carbonyl (C=O) groups is 2. The second kappa shape index (κ2) is 6.57. The van der Waals surface area contributed by atoms with Crippen molar-refractivity contribution in [3.8, 4) is 5.75 Å². The third kappa shape index (κ3) is 3.82. The maximum absolute atomic E-state index is 12.6. The fourth-order valence-electron chi connectivity index (χ4n) is 2.48. The molecule has 8 heteroatoms. The molecule has 2 atom stereocenters. The summed E-state index contributed by atoms with van der Waals surface area (Å²) in [6, 6.07) is 5.79. The molecule has 0 saturated carbocycles. The molecule has 0 bridgehead atoms. The first-order valence-corrected chi connectivity index (χ1v) is 8.91. The van der Waals surface area contributed by atoms with Gasteiger partial charge < -0.3 is 14.7 Å². The number of carboxylic acid groups (broad SMARTS) is 1. The number of hydrogen-bond acceptors (Lipinski definition) is 5. The van der Waals surface area contributed by atoms with Crippen molar-refractivity contribution in [2.45, 2.75) is 25.1 Å². The second-order valence-electron chi connectivity index (χ2n) is 5.52. The van der Waals surface area contributed by atoms with E-state index in [1.165, 1.54) is 11.0 Å². The number of carbonyl (C=O) groups excluding carboxylic acids is 1. The van der Waals surface area contributed by atoms with Crippen molar-refractivity contribution in [2.24, 2.45) is 0 Å². The molecule has 1 N–H and O–H groups in total. The van der Waals surface area contributed by atoms with Gasteiger partial charge in [-0.25, -0.2) is 13.2 Å². The molecule has 2 rings (SSSR count). The normalized spacial score (nSPS) is 23.3. The summed E-state index contributed by atoms with van der Waals surface area (Å²) >= 11 is 0. The predicted molar refractivity (Wildman–Crippen MR) is 83.3 cm³/mol. The van der Waals surface area contributed by atoms with Crippen molar-refractivity contribution < 1.29 is 27.9 Å². The number of carboxylic acids is 1. The van der Waals surface area contributed by atoms with Crippen molar-refractivity contribution in [3.63, 3.8) is 0 Å². The lowest BCUT2D eigenvalue weighted by Gasteiger charge is -2.37. The van der Waals surface area contributed by atoms with Gasteiger partial charge in [-0.1, -0.05) is 6.07 Å². The minimum atomic E-state index is -3.17. The summed E-state index contributed by atoms with van der Waals surface area (Å²) in [4.78, 5) is 24.7. The van der Waals surface area contributed by atoms with E-state index in [1.807, 2.05) is 0 Å². The lowest BCUT2D eigenvalue weighted by molar-refractivity contribution is -0.139. The van der Waals surface area contributed by atoms with Gasteiger partial charge in [-0.2, -0.15) is 0 Å². The van der Waals surface area contributed by atoms with E-state index in [2.05, 4.69) is 0 Å². The van der Waals surface area contributed by atoms with Crippen LogP contribution in [0.2, 0.25) is 0 Å². The Morgan fingerprint density at radius 1 is 1.35 bits per heavy atom. The predicted octanol–water partition coefficient (Wildman–Crippen LogP) is 0.798. The second-order valence-corrected chi connectivity index (χ2v) is 8.00. The Morgan fingerprint density at radius 3 is 2.70 bits per heavy atom. The molecule has 2 unspecified atom stereocenters. The highest BCUT2D eigenvalue weighted by Gasteiger charge is 2.38. The highest BCUT2D eigenvalue weighted by atomic mass is 32.2. The van der Waals surface area contributed by atoms with Gasteiger partial charge in [0.2, 0.25) is 0 Å². The average molecular weight is 341 g/mol. The molecule has 1 amide bonds. The first kappa shape index (κ1) is 17.3. The molecule has 0 aliphatic carbocycles. The number of nitrogens with zero attached hydrogens (tertiary/aromatic N) is 1. The van der Waals surface area contributed by atoms with Gasteiger partial charge in [0, 0.05) is 18.2 Å². The fourth-order valence-corrected chi connectivity index (χ4v) is 4.05. The quantitative estimate of drug-likeness (QED) is 0.869. The fraction of sp³-hybridized carbons (Fsp3) is 0.467. The van der Waals surface area contributed by atoms with Crippen LogP contribution >= 0.6 is 0 Å². The van der Waals surface area contributed by atoms with Gasteiger partial charge in [-0.15, -0.1) is 0 Å². The van der Waals surface area contributed by atoms with E-state index in [-0.39, 0.29) is 24.0 Å². The third-order valence-electron chi connectivity index (χ3n) is 4.06. The smallest absolute Gasteiger partial charge is 0.341 e. The molecule has 7 nitrogen and oxygen atoms in total. The Hall–Kier alpha value is -2.09. The summed E-state index contributed by atoms with van der Waals surface area (Å²) in [7, 11) is -3.17. The largest absolute Gasteiger partial charge is 0.482 e. The van der Waals surface area contributed by atoms with E-state index in [9.17, 15) is 18.0 Å². The number of amides is 1. The summed E-state index contributed by atoms with van der Waals surface area (Å²) in [5.41, 5.74) is 0.339. The first-order valence-electron chi connectivity index (χ1n) is 7.19. The molecule has 0 radical (unpaired) electrons. The summed E-state index contributed by atoms with van der Waals surface area (Å²) in [6.45, 7) is 2.97. The molecular formula is C15H19NO6S. The molecule has 1 saturated heterocycles. The van der Waals surface area contributed by atoms with Crippen LogP contribution in [-0.2, 0) is 14.6 Å². The Bertz CT molecular complexity index is 714. The molecule has 1 heterocycles. The zero-order valence-electron chi connectivity index (χ0n) is 12.9. The minimum Gasteiger partial charge on any atom is -0.482 e. The summed E-state index contributed by atoms with van der Waals surface area (Å²) in [5, 5.41) is 7.99. The number of aliphatic carboxylic acids is 1. The SMILES string of the molecule is CC1C(C)S(=O)(=O)CCN1C(=O)c1cccc(OCC(=O)O)c1. The number of ether oxygens (including phenoxy) is 1. The minimum absolute atomic E-state index is 0.0561. The van der Waals surface area contributed by atoms with Crippen molar-refractivity contribution in [1.82, 2.24) is 4.90 Å². The van der Waals surface area contributed by atoms with E-state index in [0.29, 0.717) is 5.56 Å². The average Bonchev–Trinajstić information content (AvgIpc) is 2.50. The molecule has 1 aliphatic heterocycles. The van der Waals surface area contributed by atoms with Crippen molar-refractivity contribution >= 4 is 21.7 Å². The highest BCUT2D eigenvalue weighted by Crippen LogP contribution is 2.23. The molecule has 1 aliphatic rings. The Balaban J connectivity index is 2.17. The van der Waals surface area contributed by atoms with Gasteiger partial charge in [0.25, 0.3) is 5.91 Å². The van der Waals surface area contributed by atoms with Crippen LogP contribution in [0, 0.1) is 0 Å². The highest BCUT2D eigenvalue weighted by molar-refractivity contribution is 7.92. The van der Waals surface area contributed by atoms with Gasteiger partial charge in [-0.3, -0.25) is 4.79 Å². The summed E-state index contributed by atoms with van der Waals surface area (Å²) < 4.78 is 28.8. The van der Waals surface area contributed by atoms with Crippen molar-refractivity contribution in [3.05, 3.63) is 29.8 Å². The number of hydrogen-bond donors (Lipinski definition) is 1. The zero-order chi connectivity index (χ0) is 17.2. The van der Waals surface area contributed by atoms with Gasteiger partial charge in [0.1, 0.15) is 5.75 Å². The van der Waals surface area contributed by atoms with E-state index in [1.54, 1.807) is 32.0 Å². The van der Waals surface area contributed by atoms with Gasteiger partial charge in [0.15, 0.2) is 16.4 Å². The number of sulfone groups is 1. The Morgan fingerprint density at radius 2 is 2.04 bits per heavy atom. The molecule has 1 aromatic carbocycles. The van der Waals surface area contributed by atoms with E-state index >= 15 is 0 Å². The van der Waals surface area contributed by atoms with Crippen LogP contribution in [0.5, 0.6) is 5.75 Å². The summed E-state index contributed by atoms with van der Waals surface area (Å²) in [6.07, 6.45) is 0. The number of rotatable bonds is 4. The van der Waals surface area contributed by atoms with Crippen LogP contribution in [-0.4, -0.2) is 60.5 Å². The van der Waals surface area contributed by atoms with Crippen LogP contribution < -0.4 is 4.74 Å². The zero-order valence-corrected chi connectivity index (χ0v) is 13.7. The number of benzene rings is 1. The third-order valence-corrected chi connectivity index (χ3v) is 6.34. The molecular weight excluding hydrogens is 322 g/mol. The molecule has 0 spiro atoms. The maximum atomic E-state index is 12.6. The van der Waals surface area contributed by atoms with Crippen molar-refractivity contribution in [2.75, 3.05) is 18.9 Å². The van der Waals surface area contributed by atoms with Crippen molar-refractivity contribution in [1.29, 1.82) is 0 Å². The first-order chi connectivity index (χ1) is 10.7. The van der Waals surface area contributed by atoms with Gasteiger partial charge in [-0.05, 0) is 32.0 Å². The monoisotopic (exact) mass is 341 g/mol. The molecule has 126 valence electrons. The van der Waals surface area contributed by atoms with Crippen LogP contribution in [0.1, 0.15) is 24.2 Å². The molecule has 0 aromatic heterocycles. The lowest BCUT2D eigenvalue weighted by atomic mass is 10.1. The molecule has 1 aromatic rings. The molecule has 23 heavy (non-hydrogen) atoms. The Kier molecular flexibility index (Phi) is 4.93. The van der Waals surface area contributed by atoms with Crippen LogP contribution in [0.4, 0.5) is 0 Å². The Labute approximate surface area is 134 Å². The lowest BCUT2D eigenvalue weighted by Crippen LogP contribution is -2.54. The van der Waals surface area contributed by atoms with Crippen LogP contribution in [0.3, 0.4) is 0 Å². The summed E-state index contributed by atoms with van der Waals surface area (Å²) in [5.74, 6) is -1.17. The standard InChI is InChI=1S/C15H19NO6S/c1-10-11(2)23(20,21)7-6-16(10)15(19)12-4-3-5-13(8-12)22-9-14(17)18/h3-5,8,10-11H,6-7,9H2,1-2H3,(H,17,18). The maximum Gasteiger partial charge on any atom is 0.341 e. The van der Waals surface area contributed by atoms with E-state index in [4.69, 9.17) is 9.84 Å². The van der Waals surface area contributed by atoms with Gasteiger partial charge >= 0.3 is 5.97 Å². The van der Waals surface area contributed by atoms with Crippen LogP contribution in [0.25, 0.3) is 0 Å². The molecule has 1 fully saturated rings. The van der Waals surface area contributed by atoms with Gasteiger partial charge in [0.05, 0.1) is 11.0 Å². The van der Waals surface area contributed by atoms with E-state index in [0.717, 1.165) is 0 Å². The van der Waals surface area contributed by atoms with Crippen LogP contribution in [0.15, 0.2) is 24.3 Å².